The van der Waals surface area contributed by atoms with Crippen molar-refractivity contribution in [2.45, 2.75) is 47.1 Å². The second-order valence-electron chi connectivity index (χ2n) is 6.69. The summed E-state index contributed by atoms with van der Waals surface area (Å²) in [5.74, 6) is 0.357. The van der Waals surface area contributed by atoms with Crippen molar-refractivity contribution in [3.8, 4) is 11.5 Å². The highest BCUT2D eigenvalue weighted by Gasteiger charge is 2.20. The van der Waals surface area contributed by atoms with Crippen molar-refractivity contribution in [1.82, 2.24) is 9.78 Å². The first-order valence-electron chi connectivity index (χ1n) is 9.76. The molecule has 0 fully saturated rings. The smallest absolute Gasteiger partial charge is 0.157 e. The Bertz CT molecular complexity index is 837. The molecule has 1 aromatic heterocycles. The number of carbonyl (C=O) groups excluding carboxylic acids is 1. The Hall–Kier alpha value is -2.60. The Kier molecular flexibility index (Phi) is 7.81. The maximum atomic E-state index is 11.3. The number of rotatable bonds is 6. The number of nitrogens with zero attached hydrogens (tertiary/aromatic N) is 2. The van der Waals surface area contributed by atoms with E-state index < -0.39 is 0 Å². The van der Waals surface area contributed by atoms with Crippen molar-refractivity contribution in [2.24, 2.45) is 0 Å². The number of phenols is 1. The molecule has 0 unspecified atom stereocenters. The molecule has 1 aliphatic rings. The van der Waals surface area contributed by atoms with Crippen LogP contribution in [0.5, 0.6) is 11.5 Å². The van der Waals surface area contributed by atoms with E-state index in [0.29, 0.717) is 37.4 Å². The lowest BCUT2D eigenvalue weighted by molar-refractivity contribution is 0.111. The minimum atomic E-state index is -0.0310. The van der Waals surface area contributed by atoms with Gasteiger partial charge in [-0.25, -0.2) is 0 Å². The van der Waals surface area contributed by atoms with Gasteiger partial charge in [0.1, 0.15) is 18.1 Å². The van der Waals surface area contributed by atoms with Gasteiger partial charge in [0.05, 0.1) is 24.5 Å². The van der Waals surface area contributed by atoms with Crippen LogP contribution >= 0.6 is 0 Å². The molecule has 0 bridgehead atoms. The van der Waals surface area contributed by atoms with E-state index in [1.807, 2.05) is 24.6 Å². The average Bonchev–Trinajstić information content (AvgIpc) is 3.21. The molecule has 0 atom stereocenters. The van der Waals surface area contributed by atoms with Crippen LogP contribution in [0.3, 0.4) is 0 Å². The SMILES string of the molecule is CC.Cc1ccc(OCC2=C(c3ccnn3C(C)C)COCC2)c(C=O)c1O. The maximum absolute atomic E-state index is 11.3. The molecule has 3 rings (SSSR count). The van der Waals surface area contributed by atoms with Crippen LogP contribution in [0, 0.1) is 6.92 Å². The summed E-state index contributed by atoms with van der Waals surface area (Å²) in [5, 5.41) is 14.5. The predicted octanol–water partition coefficient (Wildman–Crippen LogP) is 4.57. The van der Waals surface area contributed by atoms with Crippen molar-refractivity contribution in [1.29, 1.82) is 0 Å². The molecule has 6 heteroatoms. The first kappa shape index (κ1) is 21.7. The van der Waals surface area contributed by atoms with Gasteiger partial charge in [0, 0.05) is 17.8 Å². The van der Waals surface area contributed by atoms with Crippen molar-refractivity contribution < 1.29 is 19.4 Å². The maximum Gasteiger partial charge on any atom is 0.157 e. The van der Waals surface area contributed by atoms with E-state index in [1.165, 1.54) is 0 Å². The van der Waals surface area contributed by atoms with E-state index in [4.69, 9.17) is 9.47 Å². The third kappa shape index (κ3) is 4.62. The zero-order chi connectivity index (χ0) is 20.7. The van der Waals surface area contributed by atoms with E-state index in [1.54, 1.807) is 25.3 Å². The first-order valence-corrected chi connectivity index (χ1v) is 9.76. The Morgan fingerprint density at radius 3 is 2.75 bits per heavy atom. The molecule has 0 radical (unpaired) electrons. The number of aromatic hydroxyl groups is 1. The van der Waals surface area contributed by atoms with Crippen LogP contribution < -0.4 is 4.74 Å². The first-order chi connectivity index (χ1) is 13.5. The number of aldehydes is 1. The van der Waals surface area contributed by atoms with E-state index in [-0.39, 0.29) is 17.4 Å². The molecular formula is C22H30N2O4. The summed E-state index contributed by atoms with van der Waals surface area (Å²) in [6.45, 7) is 11.4. The van der Waals surface area contributed by atoms with Gasteiger partial charge >= 0.3 is 0 Å². The van der Waals surface area contributed by atoms with Gasteiger partial charge < -0.3 is 14.6 Å². The molecule has 2 aromatic rings. The molecule has 0 aliphatic carbocycles. The van der Waals surface area contributed by atoms with Gasteiger partial charge in [-0.3, -0.25) is 9.48 Å². The van der Waals surface area contributed by atoms with Crippen molar-refractivity contribution in [3.05, 3.63) is 46.8 Å². The standard InChI is InChI=1S/C20H24N2O4.C2H6/c1-13(2)22-18(6-8-21-22)17-12-25-9-7-15(17)11-26-19-5-4-14(3)20(24)16(19)10-23;1-2/h4-6,8,10,13,24H,7,9,11-12H2,1-3H3;1-2H3. The number of phenolic OH excluding ortho intramolecular Hbond substituents is 1. The highest BCUT2D eigenvalue weighted by Crippen LogP contribution is 2.31. The molecule has 6 nitrogen and oxygen atoms in total. The third-order valence-corrected chi connectivity index (χ3v) is 4.59. The predicted molar refractivity (Wildman–Crippen MR) is 110 cm³/mol. The molecule has 1 aromatic carbocycles. The van der Waals surface area contributed by atoms with Crippen molar-refractivity contribution in [2.75, 3.05) is 19.8 Å². The second kappa shape index (κ2) is 10.1. The lowest BCUT2D eigenvalue weighted by atomic mass is 10.0. The Morgan fingerprint density at radius 1 is 1.32 bits per heavy atom. The van der Waals surface area contributed by atoms with Gasteiger partial charge in [-0.15, -0.1) is 0 Å². The molecule has 1 aliphatic heterocycles. The Morgan fingerprint density at radius 2 is 2.07 bits per heavy atom. The monoisotopic (exact) mass is 386 g/mol. The number of hydrogen-bond acceptors (Lipinski definition) is 5. The number of aromatic nitrogens is 2. The van der Waals surface area contributed by atoms with Crippen molar-refractivity contribution in [3.63, 3.8) is 0 Å². The summed E-state index contributed by atoms with van der Waals surface area (Å²) < 4.78 is 13.5. The molecule has 0 spiro atoms. The zero-order valence-electron chi connectivity index (χ0n) is 17.4. The average molecular weight is 386 g/mol. The second-order valence-corrected chi connectivity index (χ2v) is 6.69. The molecule has 1 N–H and O–H groups in total. The summed E-state index contributed by atoms with van der Waals surface area (Å²) in [6.07, 6.45) is 3.18. The lowest BCUT2D eigenvalue weighted by Crippen LogP contribution is -2.18. The summed E-state index contributed by atoms with van der Waals surface area (Å²) in [5.41, 5.74) is 4.06. The number of aryl methyl sites for hydroxylation is 1. The number of hydrogen-bond donors (Lipinski definition) is 1. The van der Waals surface area contributed by atoms with E-state index in [9.17, 15) is 9.90 Å². The van der Waals surface area contributed by atoms with Gasteiger partial charge in [0.25, 0.3) is 0 Å². The fraction of sp³-hybridized carbons (Fsp3) is 0.455. The molecule has 28 heavy (non-hydrogen) atoms. The Labute approximate surface area is 166 Å². The number of carbonyl (C=O) groups is 1. The van der Waals surface area contributed by atoms with E-state index in [0.717, 1.165) is 23.3 Å². The van der Waals surface area contributed by atoms with Crippen LogP contribution in [0.25, 0.3) is 5.57 Å². The molecule has 0 saturated heterocycles. The van der Waals surface area contributed by atoms with Crippen LogP contribution in [0.4, 0.5) is 0 Å². The zero-order valence-corrected chi connectivity index (χ0v) is 17.4. The van der Waals surface area contributed by atoms with Crippen molar-refractivity contribution >= 4 is 11.9 Å². The Balaban J connectivity index is 0.00000136. The minimum Gasteiger partial charge on any atom is -0.507 e. The van der Waals surface area contributed by atoms with Gasteiger partial charge in [0.15, 0.2) is 6.29 Å². The van der Waals surface area contributed by atoms with E-state index in [2.05, 4.69) is 18.9 Å². The van der Waals surface area contributed by atoms with Crippen LogP contribution in [0.1, 0.15) is 61.8 Å². The van der Waals surface area contributed by atoms with Crippen LogP contribution in [0.15, 0.2) is 30.0 Å². The fourth-order valence-corrected chi connectivity index (χ4v) is 3.10. The fourth-order valence-electron chi connectivity index (χ4n) is 3.10. The lowest BCUT2D eigenvalue weighted by Gasteiger charge is -2.23. The normalized spacial score (nSPS) is 13.9. The largest absolute Gasteiger partial charge is 0.507 e. The van der Waals surface area contributed by atoms with Crippen LogP contribution in [0.2, 0.25) is 0 Å². The summed E-state index contributed by atoms with van der Waals surface area (Å²) >= 11 is 0. The summed E-state index contributed by atoms with van der Waals surface area (Å²) in [4.78, 5) is 11.3. The summed E-state index contributed by atoms with van der Waals surface area (Å²) in [6, 6.07) is 5.69. The highest BCUT2D eigenvalue weighted by molar-refractivity contribution is 5.84. The minimum absolute atomic E-state index is 0.0310. The molecular weight excluding hydrogens is 356 g/mol. The number of benzene rings is 1. The molecule has 2 heterocycles. The molecule has 0 saturated carbocycles. The summed E-state index contributed by atoms with van der Waals surface area (Å²) in [7, 11) is 0. The van der Waals surface area contributed by atoms with Crippen LogP contribution in [-0.2, 0) is 4.74 Å². The quantitative estimate of drug-likeness (QED) is 0.736. The third-order valence-electron chi connectivity index (χ3n) is 4.59. The topological polar surface area (TPSA) is 73.6 Å². The van der Waals surface area contributed by atoms with Gasteiger partial charge in [-0.1, -0.05) is 19.9 Å². The van der Waals surface area contributed by atoms with E-state index >= 15 is 0 Å². The number of ether oxygens (including phenoxy) is 2. The highest BCUT2D eigenvalue weighted by atomic mass is 16.5. The molecule has 152 valence electrons. The molecule has 0 amide bonds. The van der Waals surface area contributed by atoms with Gasteiger partial charge in [0.2, 0.25) is 0 Å². The van der Waals surface area contributed by atoms with Crippen LogP contribution in [-0.4, -0.2) is 41.0 Å². The van der Waals surface area contributed by atoms with Gasteiger partial charge in [-0.05, 0) is 50.5 Å². The van der Waals surface area contributed by atoms with Gasteiger partial charge in [-0.2, -0.15) is 5.10 Å².